The fraction of sp³-hybridized carbons (Fsp3) is 0.357. The Bertz CT molecular complexity index is 585. The first-order valence-corrected chi connectivity index (χ1v) is 6.61. The molecule has 1 heterocycles. The highest BCUT2D eigenvalue weighted by Gasteiger charge is 2.22. The van der Waals surface area contributed by atoms with E-state index < -0.39 is 17.9 Å². The normalized spacial score (nSPS) is 14.4. The molecule has 0 aliphatic carbocycles. The summed E-state index contributed by atoms with van der Waals surface area (Å²) >= 11 is 0. The van der Waals surface area contributed by atoms with Gasteiger partial charge in [0.15, 0.2) is 6.61 Å². The molecule has 0 saturated carbocycles. The molecule has 0 spiro atoms. The number of rotatable bonds is 5. The number of nitrogens with one attached hydrogen (secondary N) is 2. The molecule has 0 unspecified atom stereocenters. The molecule has 1 aliphatic heterocycles. The van der Waals surface area contributed by atoms with E-state index in [9.17, 15) is 14.4 Å². The van der Waals surface area contributed by atoms with Crippen LogP contribution in [-0.4, -0.2) is 35.5 Å². The van der Waals surface area contributed by atoms with Crippen molar-refractivity contribution < 1.29 is 24.2 Å². The Morgan fingerprint density at radius 2 is 2.24 bits per heavy atom. The second-order valence-electron chi connectivity index (χ2n) is 4.70. The molecule has 0 saturated heterocycles. The number of anilines is 1. The first-order valence-electron chi connectivity index (χ1n) is 6.61. The average Bonchev–Trinajstić information content (AvgIpc) is 2.45. The third-order valence-corrected chi connectivity index (χ3v) is 3.06. The Morgan fingerprint density at radius 1 is 1.48 bits per heavy atom. The van der Waals surface area contributed by atoms with Crippen LogP contribution in [0.15, 0.2) is 18.2 Å². The van der Waals surface area contributed by atoms with Crippen LogP contribution in [0.4, 0.5) is 5.69 Å². The van der Waals surface area contributed by atoms with Crippen molar-refractivity contribution in [3.63, 3.8) is 0 Å². The third-order valence-electron chi connectivity index (χ3n) is 3.06. The maximum Gasteiger partial charge on any atom is 0.326 e. The standard InChI is InChI=1S/C14H16N2O5/c1-2-3-9(14(19)20)16-13(18)8-4-5-11-10(6-8)15-12(17)7-21-11/h4-6,9H,2-3,7H2,1H3,(H,15,17)(H,16,18)(H,19,20)/t9-/m1/s1. The number of carboxylic acids is 1. The number of amides is 2. The summed E-state index contributed by atoms with van der Waals surface area (Å²) in [4.78, 5) is 34.4. The summed E-state index contributed by atoms with van der Waals surface area (Å²) in [6, 6.07) is 3.63. The zero-order chi connectivity index (χ0) is 15.4. The lowest BCUT2D eigenvalue weighted by molar-refractivity contribution is -0.139. The molecule has 3 N–H and O–H groups in total. The van der Waals surface area contributed by atoms with Crippen LogP contribution < -0.4 is 15.4 Å². The molecular weight excluding hydrogens is 276 g/mol. The molecule has 0 aromatic heterocycles. The summed E-state index contributed by atoms with van der Waals surface area (Å²) in [5.41, 5.74) is 0.670. The lowest BCUT2D eigenvalue weighted by Gasteiger charge is -2.19. The number of fused-ring (bicyclic) bond motifs is 1. The molecule has 1 aromatic carbocycles. The van der Waals surface area contributed by atoms with Crippen molar-refractivity contribution >= 4 is 23.5 Å². The summed E-state index contributed by atoms with van der Waals surface area (Å²) < 4.78 is 5.19. The van der Waals surface area contributed by atoms with Crippen molar-refractivity contribution in [1.82, 2.24) is 5.32 Å². The van der Waals surface area contributed by atoms with E-state index in [2.05, 4.69) is 10.6 Å². The van der Waals surface area contributed by atoms with E-state index in [-0.39, 0.29) is 18.1 Å². The van der Waals surface area contributed by atoms with Crippen LogP contribution in [0.1, 0.15) is 30.1 Å². The van der Waals surface area contributed by atoms with Gasteiger partial charge in [-0.25, -0.2) is 4.79 Å². The van der Waals surface area contributed by atoms with Crippen LogP contribution >= 0.6 is 0 Å². The fourth-order valence-electron chi connectivity index (χ4n) is 2.01. The molecule has 1 atom stereocenters. The molecule has 1 aliphatic rings. The molecule has 0 radical (unpaired) electrons. The zero-order valence-electron chi connectivity index (χ0n) is 11.5. The summed E-state index contributed by atoms with van der Waals surface area (Å²) in [7, 11) is 0. The van der Waals surface area contributed by atoms with Crippen molar-refractivity contribution in [2.45, 2.75) is 25.8 Å². The van der Waals surface area contributed by atoms with Crippen LogP contribution in [-0.2, 0) is 9.59 Å². The van der Waals surface area contributed by atoms with Gasteiger partial charge in [-0.2, -0.15) is 0 Å². The Morgan fingerprint density at radius 3 is 2.90 bits per heavy atom. The molecule has 7 nitrogen and oxygen atoms in total. The molecule has 21 heavy (non-hydrogen) atoms. The van der Waals surface area contributed by atoms with Crippen molar-refractivity contribution in [2.24, 2.45) is 0 Å². The van der Waals surface area contributed by atoms with E-state index in [4.69, 9.17) is 9.84 Å². The predicted octanol–water partition coefficient (Wildman–Crippen LogP) is 1.00. The fourth-order valence-corrected chi connectivity index (χ4v) is 2.01. The molecule has 0 fully saturated rings. The van der Waals surface area contributed by atoms with Gasteiger partial charge in [0.05, 0.1) is 5.69 Å². The van der Waals surface area contributed by atoms with E-state index >= 15 is 0 Å². The van der Waals surface area contributed by atoms with E-state index in [0.29, 0.717) is 24.3 Å². The minimum atomic E-state index is -1.07. The minimum absolute atomic E-state index is 0.0594. The predicted molar refractivity (Wildman–Crippen MR) is 74.4 cm³/mol. The zero-order valence-corrected chi connectivity index (χ0v) is 11.5. The monoisotopic (exact) mass is 292 g/mol. The summed E-state index contributed by atoms with van der Waals surface area (Å²) in [6.45, 7) is 1.78. The van der Waals surface area contributed by atoms with Gasteiger partial charge in [0.2, 0.25) is 0 Å². The summed E-state index contributed by atoms with van der Waals surface area (Å²) in [5, 5.41) is 14.1. The molecule has 2 amide bonds. The maximum atomic E-state index is 12.1. The second kappa shape index (κ2) is 6.25. The molecule has 7 heteroatoms. The van der Waals surface area contributed by atoms with Gasteiger partial charge in [-0.1, -0.05) is 13.3 Å². The number of hydrogen-bond acceptors (Lipinski definition) is 4. The van der Waals surface area contributed by atoms with Crippen LogP contribution in [0.3, 0.4) is 0 Å². The van der Waals surface area contributed by atoms with Gasteiger partial charge in [0, 0.05) is 5.56 Å². The number of carbonyl (C=O) groups is 3. The van der Waals surface area contributed by atoms with Crippen molar-refractivity contribution in [1.29, 1.82) is 0 Å². The number of aliphatic carboxylic acids is 1. The Labute approximate surface area is 121 Å². The average molecular weight is 292 g/mol. The highest BCUT2D eigenvalue weighted by Crippen LogP contribution is 2.28. The van der Waals surface area contributed by atoms with E-state index in [0.717, 1.165) is 0 Å². The van der Waals surface area contributed by atoms with Gasteiger partial charge in [0.25, 0.3) is 11.8 Å². The number of carboxylic acid groups (broad SMARTS) is 1. The Balaban J connectivity index is 2.14. The van der Waals surface area contributed by atoms with Crippen molar-refractivity contribution in [3.05, 3.63) is 23.8 Å². The van der Waals surface area contributed by atoms with Gasteiger partial charge in [0.1, 0.15) is 11.8 Å². The summed E-state index contributed by atoms with van der Waals surface area (Å²) in [6.07, 6.45) is 0.997. The maximum absolute atomic E-state index is 12.1. The molecular formula is C14H16N2O5. The van der Waals surface area contributed by atoms with Crippen molar-refractivity contribution in [2.75, 3.05) is 11.9 Å². The highest BCUT2D eigenvalue weighted by molar-refractivity contribution is 6.00. The number of hydrogen-bond donors (Lipinski definition) is 3. The van der Waals surface area contributed by atoms with Crippen LogP contribution in [0.5, 0.6) is 5.75 Å². The molecule has 1 aromatic rings. The number of ether oxygens (including phenoxy) is 1. The Hall–Kier alpha value is -2.57. The van der Waals surface area contributed by atoms with E-state index in [1.54, 1.807) is 6.07 Å². The quantitative estimate of drug-likeness (QED) is 0.751. The van der Waals surface area contributed by atoms with Crippen LogP contribution in [0.2, 0.25) is 0 Å². The molecule has 0 bridgehead atoms. The number of benzene rings is 1. The van der Waals surface area contributed by atoms with E-state index in [1.807, 2.05) is 6.92 Å². The number of carbonyl (C=O) groups excluding carboxylic acids is 2. The van der Waals surface area contributed by atoms with Crippen LogP contribution in [0, 0.1) is 0 Å². The Kier molecular flexibility index (Phi) is 4.42. The third kappa shape index (κ3) is 3.50. The molecule has 112 valence electrons. The van der Waals surface area contributed by atoms with Crippen LogP contribution in [0.25, 0.3) is 0 Å². The lowest BCUT2D eigenvalue weighted by Crippen LogP contribution is -2.40. The lowest BCUT2D eigenvalue weighted by atomic mass is 10.1. The topological polar surface area (TPSA) is 105 Å². The SMILES string of the molecule is CCC[C@@H](NC(=O)c1ccc2c(c1)NC(=O)CO2)C(=O)O. The van der Waals surface area contributed by atoms with Gasteiger partial charge >= 0.3 is 5.97 Å². The van der Waals surface area contributed by atoms with Gasteiger partial charge in [-0.3, -0.25) is 9.59 Å². The first-order chi connectivity index (χ1) is 10.0. The minimum Gasteiger partial charge on any atom is -0.482 e. The van der Waals surface area contributed by atoms with Gasteiger partial charge in [-0.05, 0) is 24.6 Å². The smallest absolute Gasteiger partial charge is 0.326 e. The largest absolute Gasteiger partial charge is 0.482 e. The highest BCUT2D eigenvalue weighted by atomic mass is 16.5. The van der Waals surface area contributed by atoms with E-state index in [1.165, 1.54) is 12.1 Å². The van der Waals surface area contributed by atoms with Gasteiger partial charge < -0.3 is 20.5 Å². The van der Waals surface area contributed by atoms with Gasteiger partial charge in [-0.15, -0.1) is 0 Å². The summed E-state index contributed by atoms with van der Waals surface area (Å²) in [5.74, 6) is -1.39. The molecule has 2 rings (SSSR count). The van der Waals surface area contributed by atoms with Crippen molar-refractivity contribution in [3.8, 4) is 5.75 Å². The first kappa shape index (κ1) is 14.8. The second-order valence-corrected chi connectivity index (χ2v) is 4.70.